The molecule has 0 amide bonds. The maximum atomic E-state index is 12.8. The largest absolute Gasteiger partial charge is 0.468 e. The number of carbonyl (C=O) groups is 1. The lowest BCUT2D eigenvalue weighted by Gasteiger charge is -2.16. The first kappa shape index (κ1) is 15.6. The highest BCUT2D eigenvalue weighted by Gasteiger charge is 2.24. The number of benzene rings is 1. The van der Waals surface area contributed by atoms with E-state index >= 15 is 0 Å². The standard InChI is InChI=1S/C12H16FNO4S/c1-3-19(16,17)14-11(12(15)18-2)8-9-4-6-10(13)7-5-9/h4-7,11,14H,3,8H2,1-2H3. The number of halogens is 1. The minimum atomic E-state index is -3.53. The van der Waals surface area contributed by atoms with Crippen molar-refractivity contribution in [1.29, 1.82) is 0 Å². The number of hydrogen-bond acceptors (Lipinski definition) is 4. The molecule has 1 atom stereocenters. The van der Waals surface area contributed by atoms with Gasteiger partial charge in [0.15, 0.2) is 0 Å². The summed E-state index contributed by atoms with van der Waals surface area (Å²) in [7, 11) is -2.35. The lowest BCUT2D eigenvalue weighted by atomic mass is 10.1. The number of nitrogens with one attached hydrogen (secondary N) is 1. The molecule has 0 aromatic heterocycles. The zero-order valence-electron chi connectivity index (χ0n) is 10.7. The topological polar surface area (TPSA) is 72.5 Å². The van der Waals surface area contributed by atoms with E-state index in [1.807, 2.05) is 0 Å². The predicted octanol–water partition coefficient (Wildman–Crippen LogP) is 0.849. The van der Waals surface area contributed by atoms with Gasteiger partial charge in [0.25, 0.3) is 0 Å². The van der Waals surface area contributed by atoms with Gasteiger partial charge in [-0.05, 0) is 31.0 Å². The van der Waals surface area contributed by atoms with E-state index in [1.165, 1.54) is 38.3 Å². The SMILES string of the molecule is CCS(=O)(=O)NC(Cc1ccc(F)cc1)C(=O)OC. The molecular weight excluding hydrogens is 273 g/mol. The van der Waals surface area contributed by atoms with Gasteiger partial charge in [-0.15, -0.1) is 0 Å². The fourth-order valence-electron chi connectivity index (χ4n) is 1.47. The van der Waals surface area contributed by atoms with Crippen LogP contribution < -0.4 is 4.72 Å². The van der Waals surface area contributed by atoms with E-state index in [0.29, 0.717) is 5.56 Å². The Morgan fingerprint density at radius 2 is 1.95 bits per heavy atom. The molecule has 0 aliphatic rings. The van der Waals surface area contributed by atoms with Gasteiger partial charge < -0.3 is 4.74 Å². The van der Waals surface area contributed by atoms with Gasteiger partial charge in [-0.3, -0.25) is 4.79 Å². The van der Waals surface area contributed by atoms with Crippen LogP contribution in [-0.2, 0) is 26.0 Å². The Kier molecular flexibility index (Phi) is 5.44. The van der Waals surface area contributed by atoms with Crippen molar-refractivity contribution in [1.82, 2.24) is 4.72 Å². The maximum absolute atomic E-state index is 12.8. The second-order valence-corrected chi connectivity index (χ2v) is 5.97. The van der Waals surface area contributed by atoms with Crippen molar-refractivity contribution in [3.05, 3.63) is 35.6 Å². The molecule has 1 aromatic rings. The molecule has 1 unspecified atom stereocenters. The smallest absolute Gasteiger partial charge is 0.324 e. The van der Waals surface area contributed by atoms with Gasteiger partial charge in [-0.2, -0.15) is 0 Å². The number of hydrogen-bond donors (Lipinski definition) is 1. The number of rotatable bonds is 6. The first-order valence-corrected chi connectivity index (χ1v) is 7.35. The first-order chi connectivity index (χ1) is 8.88. The lowest BCUT2D eigenvalue weighted by Crippen LogP contribution is -2.43. The Morgan fingerprint density at radius 1 is 1.37 bits per heavy atom. The number of sulfonamides is 1. The molecule has 0 aliphatic carbocycles. The highest BCUT2D eigenvalue weighted by atomic mass is 32.2. The van der Waals surface area contributed by atoms with Crippen molar-refractivity contribution in [2.24, 2.45) is 0 Å². The summed E-state index contributed by atoms with van der Waals surface area (Å²) in [4.78, 5) is 11.6. The molecule has 19 heavy (non-hydrogen) atoms. The zero-order valence-corrected chi connectivity index (χ0v) is 11.5. The molecule has 0 radical (unpaired) electrons. The molecule has 1 aromatic carbocycles. The van der Waals surface area contributed by atoms with Gasteiger partial charge in [0.1, 0.15) is 11.9 Å². The Hall–Kier alpha value is -1.47. The van der Waals surface area contributed by atoms with Crippen LogP contribution in [0.3, 0.4) is 0 Å². The summed E-state index contributed by atoms with van der Waals surface area (Å²) in [6.45, 7) is 1.47. The van der Waals surface area contributed by atoms with Crippen molar-refractivity contribution < 1.29 is 22.3 Å². The summed E-state index contributed by atoms with van der Waals surface area (Å²) >= 11 is 0. The van der Waals surface area contributed by atoms with Crippen LogP contribution in [0.5, 0.6) is 0 Å². The molecule has 1 rings (SSSR count). The number of carbonyl (C=O) groups excluding carboxylic acids is 1. The Labute approximate surface area is 111 Å². The van der Waals surface area contributed by atoms with Crippen molar-refractivity contribution in [2.75, 3.05) is 12.9 Å². The van der Waals surface area contributed by atoms with Crippen LogP contribution in [0.1, 0.15) is 12.5 Å². The predicted molar refractivity (Wildman–Crippen MR) is 68.5 cm³/mol. The Balaban J connectivity index is 2.86. The van der Waals surface area contributed by atoms with E-state index < -0.39 is 27.9 Å². The highest BCUT2D eigenvalue weighted by Crippen LogP contribution is 2.07. The van der Waals surface area contributed by atoms with Crippen LogP contribution >= 0.6 is 0 Å². The minimum absolute atomic E-state index is 0.103. The van der Waals surface area contributed by atoms with E-state index in [4.69, 9.17) is 0 Å². The molecule has 1 N–H and O–H groups in total. The van der Waals surface area contributed by atoms with Gasteiger partial charge in [0.2, 0.25) is 10.0 Å². The molecule has 0 aliphatic heterocycles. The quantitative estimate of drug-likeness (QED) is 0.788. The third kappa shape index (κ3) is 4.96. The van der Waals surface area contributed by atoms with Crippen LogP contribution in [0, 0.1) is 5.82 Å². The highest BCUT2D eigenvalue weighted by molar-refractivity contribution is 7.89. The second kappa shape index (κ2) is 6.63. The summed E-state index contributed by atoms with van der Waals surface area (Å²) < 4.78 is 42.6. The van der Waals surface area contributed by atoms with Gasteiger partial charge >= 0.3 is 5.97 Å². The van der Waals surface area contributed by atoms with Gasteiger partial charge in [0, 0.05) is 0 Å². The van der Waals surface area contributed by atoms with Crippen LogP contribution in [0.2, 0.25) is 0 Å². The van der Waals surface area contributed by atoms with Crippen LogP contribution in [0.25, 0.3) is 0 Å². The van der Waals surface area contributed by atoms with E-state index in [0.717, 1.165) is 0 Å². The Morgan fingerprint density at radius 3 is 2.42 bits per heavy atom. The van der Waals surface area contributed by atoms with Crippen molar-refractivity contribution in [3.63, 3.8) is 0 Å². The van der Waals surface area contributed by atoms with Gasteiger partial charge in [0.05, 0.1) is 12.9 Å². The summed E-state index contributed by atoms with van der Waals surface area (Å²) in [6, 6.07) is 4.47. The molecule has 5 nitrogen and oxygen atoms in total. The van der Waals surface area contributed by atoms with E-state index in [2.05, 4.69) is 9.46 Å². The molecule has 0 fully saturated rings. The zero-order chi connectivity index (χ0) is 14.5. The first-order valence-electron chi connectivity index (χ1n) is 5.70. The average molecular weight is 289 g/mol. The van der Waals surface area contributed by atoms with Gasteiger partial charge in [-0.1, -0.05) is 12.1 Å². The normalized spacial score (nSPS) is 13.0. The fraction of sp³-hybridized carbons (Fsp3) is 0.417. The van der Waals surface area contributed by atoms with Crippen molar-refractivity contribution in [3.8, 4) is 0 Å². The third-order valence-corrected chi connectivity index (χ3v) is 3.94. The van der Waals surface area contributed by atoms with Crippen LogP contribution in [0.4, 0.5) is 4.39 Å². The minimum Gasteiger partial charge on any atom is -0.468 e. The van der Waals surface area contributed by atoms with E-state index in [-0.39, 0.29) is 12.2 Å². The second-order valence-electron chi connectivity index (χ2n) is 3.93. The molecule has 0 spiro atoms. The summed E-state index contributed by atoms with van der Waals surface area (Å²) in [6.07, 6.45) is 0.103. The molecule has 0 heterocycles. The molecular formula is C12H16FNO4S. The van der Waals surface area contributed by atoms with Crippen LogP contribution in [-0.4, -0.2) is 33.3 Å². The summed E-state index contributed by atoms with van der Waals surface area (Å²) in [5.41, 5.74) is 0.635. The summed E-state index contributed by atoms with van der Waals surface area (Å²) in [5, 5.41) is 0. The average Bonchev–Trinajstić information content (AvgIpc) is 2.39. The Bertz CT molecular complexity index is 527. The molecule has 0 saturated carbocycles. The third-order valence-electron chi connectivity index (χ3n) is 2.54. The molecule has 7 heteroatoms. The number of methoxy groups -OCH3 is 1. The van der Waals surface area contributed by atoms with Crippen molar-refractivity contribution >= 4 is 16.0 Å². The van der Waals surface area contributed by atoms with Crippen molar-refractivity contribution in [2.45, 2.75) is 19.4 Å². The fourth-order valence-corrected chi connectivity index (χ4v) is 2.25. The van der Waals surface area contributed by atoms with Crippen LogP contribution in [0.15, 0.2) is 24.3 Å². The molecule has 0 saturated heterocycles. The number of ether oxygens (including phenoxy) is 1. The van der Waals surface area contributed by atoms with Gasteiger partial charge in [-0.25, -0.2) is 17.5 Å². The molecule has 106 valence electrons. The monoisotopic (exact) mass is 289 g/mol. The molecule has 0 bridgehead atoms. The lowest BCUT2D eigenvalue weighted by molar-refractivity contribution is -0.142. The summed E-state index contributed by atoms with van der Waals surface area (Å²) in [5.74, 6) is -1.21. The number of esters is 1. The van der Waals surface area contributed by atoms with E-state index in [9.17, 15) is 17.6 Å². The van der Waals surface area contributed by atoms with E-state index in [1.54, 1.807) is 0 Å². The maximum Gasteiger partial charge on any atom is 0.324 e.